The average molecular weight is 439 g/mol. The van der Waals surface area contributed by atoms with Gasteiger partial charge in [0, 0.05) is 38.0 Å². The molecule has 7 nitrogen and oxygen atoms in total. The Labute approximate surface area is 185 Å². The molecule has 0 atom stereocenters. The van der Waals surface area contributed by atoms with Gasteiger partial charge in [-0.05, 0) is 13.3 Å². The summed E-state index contributed by atoms with van der Waals surface area (Å²) in [4.78, 5) is 33.6. The van der Waals surface area contributed by atoms with E-state index in [1.54, 1.807) is 4.90 Å². The number of rotatable bonds is 14. The lowest BCUT2D eigenvalue weighted by molar-refractivity contribution is -0.135. The molecule has 1 aromatic rings. The topological polar surface area (TPSA) is 74.8 Å². The van der Waals surface area contributed by atoms with Gasteiger partial charge in [-0.3, -0.25) is 14.5 Å². The summed E-state index contributed by atoms with van der Waals surface area (Å²) in [6.07, 6.45) is 8.75. The monoisotopic (exact) mass is 438 g/mol. The van der Waals surface area contributed by atoms with Crippen LogP contribution in [0, 0.1) is 6.92 Å². The van der Waals surface area contributed by atoms with Gasteiger partial charge >= 0.3 is 0 Å². The van der Waals surface area contributed by atoms with Crippen molar-refractivity contribution in [2.75, 3.05) is 51.3 Å². The highest BCUT2D eigenvalue weighted by Gasteiger charge is 2.19. The van der Waals surface area contributed by atoms with Gasteiger partial charge < -0.3 is 15.0 Å². The summed E-state index contributed by atoms with van der Waals surface area (Å²) in [6, 6.07) is 0. The second-order valence-electron chi connectivity index (χ2n) is 7.98. The fourth-order valence-electron chi connectivity index (χ4n) is 3.51. The molecule has 2 heterocycles. The van der Waals surface area contributed by atoms with Crippen molar-refractivity contribution in [3.63, 3.8) is 0 Å². The summed E-state index contributed by atoms with van der Waals surface area (Å²) >= 11 is 1.41. The van der Waals surface area contributed by atoms with E-state index in [2.05, 4.69) is 22.1 Å². The van der Waals surface area contributed by atoms with Gasteiger partial charge in [0.1, 0.15) is 0 Å². The minimum Gasteiger partial charge on any atom is -0.379 e. The number of carbonyl (C=O) groups is 2. The molecule has 1 aromatic heterocycles. The number of ether oxygens (including phenoxy) is 1. The molecule has 1 aliphatic rings. The smallest absolute Gasteiger partial charge is 0.245 e. The molecule has 0 aliphatic carbocycles. The molecule has 0 radical (unpaired) electrons. The molecule has 2 rings (SSSR count). The minimum absolute atomic E-state index is 0.0716. The van der Waals surface area contributed by atoms with E-state index >= 15 is 0 Å². The molecule has 0 unspecified atom stereocenters. The predicted octanol–water partition coefficient (Wildman–Crippen LogP) is 3.69. The van der Waals surface area contributed by atoms with E-state index in [4.69, 9.17) is 4.74 Å². The van der Waals surface area contributed by atoms with E-state index in [-0.39, 0.29) is 18.4 Å². The van der Waals surface area contributed by atoms with Gasteiger partial charge in [-0.1, -0.05) is 45.4 Å². The first-order valence-corrected chi connectivity index (χ1v) is 12.3. The van der Waals surface area contributed by atoms with Crippen molar-refractivity contribution in [1.29, 1.82) is 0 Å². The average Bonchev–Trinajstić information content (AvgIpc) is 3.15. The van der Waals surface area contributed by atoms with Gasteiger partial charge in [0.05, 0.1) is 25.5 Å². The van der Waals surface area contributed by atoms with Crippen LogP contribution in [0.2, 0.25) is 0 Å². The van der Waals surface area contributed by atoms with Crippen molar-refractivity contribution >= 4 is 28.3 Å². The lowest BCUT2D eigenvalue weighted by Gasteiger charge is -2.30. The number of amides is 2. The number of anilines is 1. The number of unbranched alkanes of at least 4 members (excludes halogenated alkanes) is 6. The van der Waals surface area contributed by atoms with E-state index in [1.807, 2.05) is 12.3 Å². The Morgan fingerprint density at radius 2 is 1.87 bits per heavy atom. The Balaban J connectivity index is 1.79. The van der Waals surface area contributed by atoms with Gasteiger partial charge in [0.15, 0.2) is 5.13 Å². The summed E-state index contributed by atoms with van der Waals surface area (Å²) in [7, 11) is 0. The third-order valence-corrected chi connectivity index (χ3v) is 6.21. The number of carbonyl (C=O) groups excluding carboxylic acids is 2. The predicted molar refractivity (Wildman–Crippen MR) is 122 cm³/mol. The molecule has 1 aliphatic heterocycles. The van der Waals surface area contributed by atoms with Crippen molar-refractivity contribution in [3.05, 3.63) is 11.1 Å². The number of thiazole rings is 1. The molecule has 1 saturated heterocycles. The fourth-order valence-corrected chi connectivity index (χ4v) is 4.22. The summed E-state index contributed by atoms with van der Waals surface area (Å²) in [5.41, 5.74) is 0.884. The van der Waals surface area contributed by atoms with Crippen molar-refractivity contribution in [1.82, 2.24) is 14.8 Å². The van der Waals surface area contributed by atoms with Gasteiger partial charge in [0.25, 0.3) is 0 Å². The van der Waals surface area contributed by atoms with Crippen LogP contribution in [0.25, 0.3) is 0 Å². The van der Waals surface area contributed by atoms with Gasteiger partial charge in [-0.15, -0.1) is 11.3 Å². The maximum absolute atomic E-state index is 12.8. The molecule has 170 valence electrons. The molecule has 0 spiro atoms. The van der Waals surface area contributed by atoms with Crippen molar-refractivity contribution in [2.24, 2.45) is 0 Å². The van der Waals surface area contributed by atoms with Crippen LogP contribution in [-0.2, 0) is 14.3 Å². The van der Waals surface area contributed by atoms with Crippen molar-refractivity contribution in [2.45, 2.75) is 65.2 Å². The number of hydrogen-bond acceptors (Lipinski definition) is 6. The van der Waals surface area contributed by atoms with Crippen LogP contribution in [0.5, 0.6) is 0 Å². The number of nitrogens with one attached hydrogen (secondary N) is 1. The Morgan fingerprint density at radius 1 is 1.17 bits per heavy atom. The normalized spacial score (nSPS) is 14.6. The molecule has 8 heteroatoms. The lowest BCUT2D eigenvalue weighted by atomic mass is 10.1. The first-order chi connectivity index (χ1) is 14.6. The van der Waals surface area contributed by atoms with Crippen LogP contribution in [0.4, 0.5) is 5.13 Å². The second-order valence-corrected chi connectivity index (χ2v) is 8.84. The first-order valence-electron chi connectivity index (χ1n) is 11.4. The Morgan fingerprint density at radius 3 is 2.53 bits per heavy atom. The zero-order chi connectivity index (χ0) is 21.6. The minimum atomic E-state index is -0.181. The third kappa shape index (κ3) is 10.00. The Kier molecular flexibility index (Phi) is 12.0. The van der Waals surface area contributed by atoms with Gasteiger partial charge in [-0.2, -0.15) is 0 Å². The van der Waals surface area contributed by atoms with E-state index in [9.17, 15) is 9.59 Å². The summed E-state index contributed by atoms with van der Waals surface area (Å²) in [6.45, 7) is 8.76. The Bertz CT molecular complexity index is 632. The van der Waals surface area contributed by atoms with Crippen molar-refractivity contribution in [3.8, 4) is 0 Å². The first kappa shape index (κ1) is 24.8. The van der Waals surface area contributed by atoms with Crippen LogP contribution in [0.1, 0.15) is 64.0 Å². The zero-order valence-electron chi connectivity index (χ0n) is 18.7. The standard InChI is InChI=1S/C22H38N4O3S/c1-3-4-5-6-7-8-9-10-21(28)26(12-11-25-13-15-29-16-14-25)17-20(27)24-22-23-19(2)18-30-22/h18H,3-17H2,1-2H3,(H,23,24,27). The quantitative estimate of drug-likeness (QED) is 0.448. The molecular weight excluding hydrogens is 400 g/mol. The van der Waals surface area contributed by atoms with Crippen LogP contribution < -0.4 is 5.32 Å². The van der Waals surface area contributed by atoms with Crippen LogP contribution in [0.15, 0.2) is 5.38 Å². The maximum Gasteiger partial charge on any atom is 0.245 e. The number of aryl methyl sites for hydroxylation is 1. The van der Waals surface area contributed by atoms with Gasteiger partial charge in [0.2, 0.25) is 11.8 Å². The number of hydrogen-bond donors (Lipinski definition) is 1. The molecule has 1 fully saturated rings. The largest absolute Gasteiger partial charge is 0.379 e. The summed E-state index contributed by atoms with van der Waals surface area (Å²) in [5, 5.41) is 5.31. The zero-order valence-corrected chi connectivity index (χ0v) is 19.5. The molecule has 30 heavy (non-hydrogen) atoms. The number of nitrogens with zero attached hydrogens (tertiary/aromatic N) is 3. The molecule has 0 saturated carbocycles. The van der Waals surface area contributed by atoms with Crippen LogP contribution >= 0.6 is 11.3 Å². The third-order valence-electron chi connectivity index (χ3n) is 5.34. The van der Waals surface area contributed by atoms with E-state index in [1.165, 1.54) is 43.4 Å². The summed E-state index contributed by atoms with van der Waals surface area (Å²) < 4.78 is 5.40. The lowest BCUT2D eigenvalue weighted by Crippen LogP contribution is -2.45. The molecular formula is C22H38N4O3S. The highest BCUT2D eigenvalue weighted by molar-refractivity contribution is 7.13. The van der Waals surface area contributed by atoms with Gasteiger partial charge in [-0.25, -0.2) is 4.98 Å². The number of aromatic nitrogens is 1. The fraction of sp³-hybridized carbons (Fsp3) is 0.773. The molecule has 2 amide bonds. The molecule has 1 N–H and O–H groups in total. The highest BCUT2D eigenvalue weighted by atomic mass is 32.1. The second kappa shape index (κ2) is 14.5. The van der Waals surface area contributed by atoms with E-state index in [0.29, 0.717) is 18.1 Å². The Hall–Kier alpha value is -1.51. The number of morpholine rings is 1. The van der Waals surface area contributed by atoms with Crippen LogP contribution in [0.3, 0.4) is 0 Å². The van der Waals surface area contributed by atoms with Crippen LogP contribution in [-0.4, -0.2) is 72.5 Å². The van der Waals surface area contributed by atoms with E-state index < -0.39 is 0 Å². The van der Waals surface area contributed by atoms with E-state index in [0.717, 1.165) is 51.4 Å². The summed E-state index contributed by atoms with van der Waals surface area (Å²) in [5.74, 6) is -0.110. The molecule has 0 aromatic carbocycles. The highest BCUT2D eigenvalue weighted by Crippen LogP contribution is 2.14. The molecule has 0 bridgehead atoms. The SMILES string of the molecule is CCCCCCCCCC(=O)N(CCN1CCOCC1)CC(=O)Nc1nc(C)cs1. The van der Waals surface area contributed by atoms with Crippen molar-refractivity contribution < 1.29 is 14.3 Å². The maximum atomic E-state index is 12.8.